The van der Waals surface area contributed by atoms with Crippen molar-refractivity contribution < 1.29 is 27.8 Å². The second-order valence-corrected chi connectivity index (χ2v) is 11.7. The lowest BCUT2D eigenvalue weighted by molar-refractivity contribution is 0.0525. The highest BCUT2D eigenvalue weighted by Crippen LogP contribution is 2.38. The molecule has 7 rings (SSSR count). The fraction of sp³-hybridized carbons (Fsp3) is 0.485. The number of rotatable bonds is 5. The average Bonchev–Trinajstić information content (AvgIpc) is 3.59. The van der Waals surface area contributed by atoms with Crippen LogP contribution in [0.2, 0.25) is 0 Å². The second-order valence-electron chi connectivity index (χ2n) is 11.7. The normalized spacial score (nSPS) is 21.8. The number of hydrogen-bond acceptors (Lipinski definition) is 9. The Bertz CT molecular complexity index is 1720. The Hall–Kier alpha value is -3.83. The van der Waals surface area contributed by atoms with Crippen LogP contribution >= 0.6 is 0 Å². The van der Waals surface area contributed by atoms with E-state index in [4.69, 9.17) is 13.9 Å². The number of halogens is 2. The molecule has 3 unspecified atom stereocenters. The molecule has 5 heterocycles. The quantitative estimate of drug-likeness (QED) is 0.303. The molecule has 9 nitrogen and oxygen atoms in total. The fourth-order valence-corrected chi connectivity index (χ4v) is 6.87. The number of ether oxygens (including phenoxy) is 2. The highest BCUT2D eigenvalue weighted by atomic mass is 19.1. The minimum atomic E-state index is -0.649. The molecular weight excluding hydrogens is 570 g/mol. The minimum absolute atomic E-state index is 0.0267. The molecular formula is C33H38F2N4O5. The number of benzene rings is 2. The Balaban J connectivity index is 0.000000323. The Kier molecular flexibility index (Phi) is 8.68. The molecule has 11 heteroatoms. The van der Waals surface area contributed by atoms with Crippen molar-refractivity contribution in [1.82, 2.24) is 14.9 Å². The average molecular weight is 609 g/mol. The van der Waals surface area contributed by atoms with Crippen molar-refractivity contribution in [3.8, 4) is 23.1 Å². The maximum absolute atomic E-state index is 14.9. The molecule has 0 spiro atoms. The van der Waals surface area contributed by atoms with Gasteiger partial charge in [0, 0.05) is 48.8 Å². The first-order chi connectivity index (χ1) is 21.3. The standard InChI is InChI=1S/C26H26FN3O5.C7H12FN/c1-4-34-17-8-6-10-30(13-17)24-21-22(28-26(29-24)33-3)14(2)23(35-25(21)32)18-12-16(31)11-15-7-5-9-19(27)20(15)18;8-6-4-7-2-1-3-9(7)5-6/h5,7,9,11-12,17,31H,4,6,8,10,13H2,1-3H3;6-7H,1-5H2. The Morgan fingerprint density at radius 3 is 2.70 bits per heavy atom. The summed E-state index contributed by atoms with van der Waals surface area (Å²) in [4.78, 5) is 26.6. The van der Waals surface area contributed by atoms with Gasteiger partial charge in [0.1, 0.15) is 28.9 Å². The number of anilines is 1. The molecule has 44 heavy (non-hydrogen) atoms. The number of aryl methyl sites for hydroxylation is 1. The zero-order valence-corrected chi connectivity index (χ0v) is 25.3. The van der Waals surface area contributed by atoms with Crippen LogP contribution < -0.4 is 15.3 Å². The zero-order chi connectivity index (χ0) is 31.0. The van der Waals surface area contributed by atoms with E-state index in [-0.39, 0.29) is 40.0 Å². The first-order valence-corrected chi connectivity index (χ1v) is 15.3. The molecule has 0 radical (unpaired) electrons. The van der Waals surface area contributed by atoms with Crippen LogP contribution in [0, 0.1) is 12.7 Å². The lowest BCUT2D eigenvalue weighted by atomic mass is 9.98. The summed E-state index contributed by atoms with van der Waals surface area (Å²) in [5.41, 5.74) is 0.479. The molecule has 3 saturated heterocycles. The molecule has 0 aliphatic carbocycles. The number of fused-ring (bicyclic) bond motifs is 3. The molecule has 3 aliphatic rings. The summed E-state index contributed by atoms with van der Waals surface area (Å²) in [5.74, 6) is -0.00925. The Morgan fingerprint density at radius 2 is 1.93 bits per heavy atom. The number of phenolic OH excluding ortho intramolecular Hbond substituents is 1. The molecule has 3 atom stereocenters. The van der Waals surface area contributed by atoms with Gasteiger partial charge in [0.15, 0.2) is 5.82 Å². The highest BCUT2D eigenvalue weighted by molar-refractivity contribution is 6.00. The van der Waals surface area contributed by atoms with Gasteiger partial charge in [-0.3, -0.25) is 4.90 Å². The summed E-state index contributed by atoms with van der Waals surface area (Å²) < 4.78 is 44.5. The van der Waals surface area contributed by atoms with E-state index in [9.17, 15) is 18.7 Å². The van der Waals surface area contributed by atoms with Gasteiger partial charge in [-0.1, -0.05) is 12.1 Å². The van der Waals surface area contributed by atoms with Crippen LogP contribution in [0.5, 0.6) is 11.8 Å². The predicted molar refractivity (Wildman–Crippen MR) is 165 cm³/mol. The van der Waals surface area contributed by atoms with E-state index in [1.54, 1.807) is 19.1 Å². The Labute approximate surface area is 254 Å². The van der Waals surface area contributed by atoms with Crippen molar-refractivity contribution in [3.63, 3.8) is 0 Å². The van der Waals surface area contributed by atoms with Crippen LogP contribution in [-0.2, 0) is 4.74 Å². The lowest BCUT2D eigenvalue weighted by Crippen LogP contribution is -2.40. The largest absolute Gasteiger partial charge is 0.508 e. The van der Waals surface area contributed by atoms with Crippen LogP contribution in [0.3, 0.4) is 0 Å². The zero-order valence-electron chi connectivity index (χ0n) is 25.3. The predicted octanol–water partition coefficient (Wildman–Crippen LogP) is 5.76. The molecule has 4 aromatic rings. The van der Waals surface area contributed by atoms with Gasteiger partial charge < -0.3 is 23.9 Å². The van der Waals surface area contributed by atoms with E-state index in [0.29, 0.717) is 54.6 Å². The topological polar surface area (TPSA) is 101 Å². The fourth-order valence-electron chi connectivity index (χ4n) is 6.87. The number of alkyl halides is 1. The summed E-state index contributed by atoms with van der Waals surface area (Å²) in [7, 11) is 1.46. The second kappa shape index (κ2) is 12.6. The van der Waals surface area contributed by atoms with Gasteiger partial charge in [-0.25, -0.2) is 13.6 Å². The Morgan fingerprint density at radius 1 is 1.11 bits per heavy atom. The number of aromatic hydroxyl groups is 1. The smallest absolute Gasteiger partial charge is 0.349 e. The van der Waals surface area contributed by atoms with Crippen molar-refractivity contribution in [3.05, 3.63) is 52.1 Å². The van der Waals surface area contributed by atoms with E-state index < -0.39 is 17.6 Å². The van der Waals surface area contributed by atoms with E-state index in [1.807, 2.05) is 11.8 Å². The number of piperidine rings is 1. The van der Waals surface area contributed by atoms with Gasteiger partial charge in [0.05, 0.1) is 18.7 Å². The summed E-state index contributed by atoms with van der Waals surface area (Å²) in [6.45, 7) is 7.43. The maximum atomic E-state index is 14.9. The highest BCUT2D eigenvalue weighted by Gasteiger charge is 2.34. The summed E-state index contributed by atoms with van der Waals surface area (Å²) in [5, 5.41) is 11.3. The maximum Gasteiger partial charge on any atom is 0.349 e. The molecule has 2 aromatic carbocycles. The first kappa shape index (κ1) is 30.2. The molecule has 0 bridgehead atoms. The summed E-state index contributed by atoms with van der Waals surface area (Å²) >= 11 is 0. The third-order valence-electron chi connectivity index (χ3n) is 8.84. The van der Waals surface area contributed by atoms with Crippen molar-refractivity contribution in [2.45, 2.75) is 64.3 Å². The third-order valence-corrected chi connectivity index (χ3v) is 8.84. The number of phenols is 1. The van der Waals surface area contributed by atoms with E-state index >= 15 is 0 Å². The van der Waals surface area contributed by atoms with Gasteiger partial charge in [0.25, 0.3) is 0 Å². The van der Waals surface area contributed by atoms with Crippen LogP contribution in [0.4, 0.5) is 14.6 Å². The lowest BCUT2D eigenvalue weighted by Gasteiger charge is -2.33. The van der Waals surface area contributed by atoms with Crippen molar-refractivity contribution in [2.24, 2.45) is 0 Å². The van der Waals surface area contributed by atoms with Gasteiger partial charge in [-0.05, 0) is 76.1 Å². The van der Waals surface area contributed by atoms with Crippen LogP contribution in [0.25, 0.3) is 33.0 Å². The van der Waals surface area contributed by atoms with Crippen molar-refractivity contribution in [2.75, 3.05) is 44.8 Å². The number of aromatic nitrogens is 2. The first-order valence-electron chi connectivity index (χ1n) is 15.3. The van der Waals surface area contributed by atoms with Gasteiger partial charge in [-0.2, -0.15) is 9.97 Å². The van der Waals surface area contributed by atoms with Crippen molar-refractivity contribution in [1.29, 1.82) is 0 Å². The third kappa shape index (κ3) is 5.82. The van der Waals surface area contributed by atoms with Crippen LogP contribution in [-0.4, -0.2) is 78.2 Å². The molecule has 1 N–H and O–H groups in total. The summed E-state index contributed by atoms with van der Waals surface area (Å²) in [6.07, 6.45) is 4.65. The van der Waals surface area contributed by atoms with Gasteiger partial charge in [-0.15, -0.1) is 0 Å². The van der Waals surface area contributed by atoms with E-state index in [1.165, 1.54) is 38.2 Å². The molecule has 3 aliphatic heterocycles. The number of nitrogens with zero attached hydrogens (tertiary/aromatic N) is 4. The minimum Gasteiger partial charge on any atom is -0.508 e. The van der Waals surface area contributed by atoms with E-state index in [0.717, 1.165) is 25.8 Å². The monoisotopic (exact) mass is 608 g/mol. The summed E-state index contributed by atoms with van der Waals surface area (Å²) in [6, 6.07) is 8.14. The van der Waals surface area contributed by atoms with Gasteiger partial charge >= 0.3 is 11.6 Å². The SMILES string of the molecule is CCOC1CCCN(c2nc(OC)nc3c(C)c(-c4cc(O)cc5cccc(F)c45)oc(=O)c23)C1.FC1CC2CCCN2C1. The number of methoxy groups -OCH3 is 1. The molecule has 3 fully saturated rings. The van der Waals surface area contributed by atoms with Crippen LogP contribution in [0.15, 0.2) is 39.5 Å². The molecule has 0 saturated carbocycles. The molecule has 0 amide bonds. The van der Waals surface area contributed by atoms with Crippen molar-refractivity contribution >= 4 is 27.5 Å². The van der Waals surface area contributed by atoms with Crippen LogP contribution in [0.1, 0.15) is 44.6 Å². The van der Waals surface area contributed by atoms with E-state index in [2.05, 4.69) is 14.9 Å². The van der Waals surface area contributed by atoms with Gasteiger partial charge in [0.2, 0.25) is 0 Å². The number of hydrogen-bond donors (Lipinski definition) is 1. The molecule has 234 valence electrons. The molecule has 2 aromatic heterocycles.